The number of hydrogen-bond acceptors (Lipinski definition) is 5. The van der Waals surface area contributed by atoms with E-state index in [0.29, 0.717) is 0 Å². The van der Waals surface area contributed by atoms with Gasteiger partial charge >= 0.3 is 0 Å². The van der Waals surface area contributed by atoms with Crippen LogP contribution in [0.2, 0.25) is 0 Å². The first-order chi connectivity index (χ1) is 9.84. The molecule has 6 heteroatoms. The van der Waals surface area contributed by atoms with E-state index in [0.717, 1.165) is 41.6 Å². The van der Waals surface area contributed by atoms with Crippen LogP contribution in [0.25, 0.3) is 11.4 Å². The molecule has 0 radical (unpaired) electrons. The van der Waals surface area contributed by atoms with Gasteiger partial charge in [0.1, 0.15) is 17.3 Å². The molecule has 0 aliphatic carbocycles. The number of nitrogens with one attached hydrogen (secondary N) is 1. The van der Waals surface area contributed by atoms with Crippen LogP contribution in [0.5, 0.6) is 0 Å². The Hall–Kier alpha value is -1.98. The second-order valence-electron chi connectivity index (χ2n) is 6.29. The van der Waals surface area contributed by atoms with Crippen LogP contribution in [0.1, 0.15) is 45.5 Å². The highest BCUT2D eigenvalue weighted by Crippen LogP contribution is 2.28. The molecule has 0 bridgehead atoms. The summed E-state index contributed by atoms with van der Waals surface area (Å²) in [5.74, 6) is 1.72. The zero-order chi connectivity index (χ0) is 15.6. The van der Waals surface area contributed by atoms with E-state index < -0.39 is 0 Å². The molecule has 0 spiro atoms. The molecule has 0 saturated heterocycles. The van der Waals surface area contributed by atoms with Crippen LogP contribution >= 0.6 is 0 Å². The third kappa shape index (κ3) is 3.20. The molecule has 0 atom stereocenters. The predicted molar refractivity (Wildman–Crippen MR) is 84.2 cm³/mol. The quantitative estimate of drug-likeness (QED) is 0.936. The van der Waals surface area contributed by atoms with Crippen molar-refractivity contribution in [2.24, 2.45) is 7.05 Å². The first kappa shape index (κ1) is 15.4. The minimum atomic E-state index is -0.114. The van der Waals surface area contributed by atoms with Crippen molar-refractivity contribution in [1.29, 1.82) is 0 Å². The van der Waals surface area contributed by atoms with Crippen LogP contribution in [-0.4, -0.2) is 31.5 Å². The normalized spacial score (nSPS) is 11.7. The van der Waals surface area contributed by atoms with Crippen molar-refractivity contribution in [2.75, 3.05) is 11.9 Å². The summed E-state index contributed by atoms with van der Waals surface area (Å²) in [6.45, 7) is 11.4. The molecule has 1 N–H and O–H groups in total. The van der Waals surface area contributed by atoms with Gasteiger partial charge in [-0.15, -0.1) is 5.10 Å². The van der Waals surface area contributed by atoms with Gasteiger partial charge in [-0.3, -0.25) is 0 Å². The first-order valence-electron chi connectivity index (χ1n) is 7.32. The van der Waals surface area contributed by atoms with Gasteiger partial charge in [0, 0.05) is 24.6 Å². The van der Waals surface area contributed by atoms with Crippen molar-refractivity contribution in [2.45, 2.75) is 46.5 Å². The lowest BCUT2D eigenvalue weighted by molar-refractivity contribution is 0.545. The van der Waals surface area contributed by atoms with Crippen molar-refractivity contribution >= 4 is 5.82 Å². The fourth-order valence-corrected chi connectivity index (χ4v) is 2.02. The third-order valence-electron chi connectivity index (χ3n) is 3.32. The van der Waals surface area contributed by atoms with E-state index in [1.54, 1.807) is 10.9 Å². The summed E-state index contributed by atoms with van der Waals surface area (Å²) >= 11 is 0. The lowest BCUT2D eigenvalue weighted by Gasteiger charge is -2.20. The molecule has 2 aromatic heterocycles. The Labute approximate surface area is 126 Å². The number of nitrogens with zero attached hydrogens (tertiary/aromatic N) is 5. The van der Waals surface area contributed by atoms with Crippen LogP contribution in [0.3, 0.4) is 0 Å². The van der Waals surface area contributed by atoms with E-state index in [4.69, 9.17) is 9.97 Å². The maximum atomic E-state index is 4.76. The van der Waals surface area contributed by atoms with Crippen molar-refractivity contribution in [3.05, 3.63) is 17.6 Å². The summed E-state index contributed by atoms with van der Waals surface area (Å²) in [6, 6.07) is 0. The molecular weight excluding hydrogens is 264 g/mol. The van der Waals surface area contributed by atoms with E-state index in [2.05, 4.69) is 43.3 Å². The Kier molecular flexibility index (Phi) is 4.25. The van der Waals surface area contributed by atoms with Crippen LogP contribution < -0.4 is 5.32 Å². The number of rotatable bonds is 4. The van der Waals surface area contributed by atoms with Crippen LogP contribution in [0.15, 0.2) is 6.20 Å². The van der Waals surface area contributed by atoms with E-state index in [-0.39, 0.29) is 5.41 Å². The predicted octanol–water partition coefficient (Wildman–Crippen LogP) is 2.70. The molecule has 21 heavy (non-hydrogen) atoms. The van der Waals surface area contributed by atoms with E-state index >= 15 is 0 Å². The standard InChI is InChI=1S/C15H24N6/c1-7-8-16-13-10(2)12(11-9-17-20-21(11)6)18-14(19-13)15(3,4)5/h9H,7-8H2,1-6H3,(H,16,18,19). The van der Waals surface area contributed by atoms with Crippen LogP contribution in [-0.2, 0) is 12.5 Å². The molecule has 2 rings (SSSR count). The van der Waals surface area contributed by atoms with Crippen molar-refractivity contribution in [1.82, 2.24) is 25.0 Å². The van der Waals surface area contributed by atoms with Gasteiger partial charge in [-0.2, -0.15) is 0 Å². The number of aromatic nitrogens is 5. The summed E-state index contributed by atoms with van der Waals surface area (Å²) in [5, 5.41) is 11.4. The number of aryl methyl sites for hydroxylation is 1. The Morgan fingerprint density at radius 1 is 1.24 bits per heavy atom. The molecule has 0 fully saturated rings. The zero-order valence-corrected chi connectivity index (χ0v) is 13.7. The molecule has 2 aromatic rings. The SMILES string of the molecule is CCCNc1nc(C(C)(C)C)nc(-c2cnnn2C)c1C. The van der Waals surface area contributed by atoms with Gasteiger partial charge < -0.3 is 5.32 Å². The van der Waals surface area contributed by atoms with Crippen molar-refractivity contribution in [3.63, 3.8) is 0 Å². The number of anilines is 1. The van der Waals surface area contributed by atoms with E-state index in [9.17, 15) is 0 Å². The Morgan fingerprint density at radius 2 is 1.95 bits per heavy atom. The monoisotopic (exact) mass is 288 g/mol. The molecule has 0 aromatic carbocycles. The Balaban J connectivity index is 2.60. The molecule has 0 amide bonds. The molecule has 2 heterocycles. The first-order valence-corrected chi connectivity index (χ1v) is 7.32. The van der Waals surface area contributed by atoms with Gasteiger partial charge in [-0.1, -0.05) is 32.9 Å². The molecule has 0 aliphatic rings. The van der Waals surface area contributed by atoms with Gasteiger partial charge in [0.15, 0.2) is 0 Å². The minimum absolute atomic E-state index is 0.114. The van der Waals surface area contributed by atoms with Gasteiger partial charge in [0.25, 0.3) is 0 Å². The summed E-state index contributed by atoms with van der Waals surface area (Å²) in [7, 11) is 1.87. The second-order valence-corrected chi connectivity index (χ2v) is 6.29. The Morgan fingerprint density at radius 3 is 2.48 bits per heavy atom. The molecule has 0 aliphatic heterocycles. The van der Waals surface area contributed by atoms with Crippen molar-refractivity contribution in [3.8, 4) is 11.4 Å². The maximum absolute atomic E-state index is 4.76. The minimum Gasteiger partial charge on any atom is -0.370 e. The zero-order valence-electron chi connectivity index (χ0n) is 13.7. The van der Waals surface area contributed by atoms with Gasteiger partial charge in [0.2, 0.25) is 0 Å². The van der Waals surface area contributed by atoms with Gasteiger partial charge in [-0.05, 0) is 13.3 Å². The molecule has 0 saturated carbocycles. The summed E-state index contributed by atoms with van der Waals surface area (Å²) in [5.41, 5.74) is 2.71. The average Bonchev–Trinajstić information content (AvgIpc) is 2.82. The largest absolute Gasteiger partial charge is 0.370 e. The molecular formula is C15H24N6. The highest BCUT2D eigenvalue weighted by molar-refractivity contribution is 5.65. The highest BCUT2D eigenvalue weighted by atomic mass is 15.4. The summed E-state index contributed by atoms with van der Waals surface area (Å²) < 4.78 is 1.74. The molecule has 0 unspecified atom stereocenters. The second kappa shape index (κ2) is 5.79. The Bertz CT molecular complexity index is 624. The number of hydrogen-bond donors (Lipinski definition) is 1. The topological polar surface area (TPSA) is 68.5 Å². The van der Waals surface area contributed by atoms with Gasteiger partial charge in [0.05, 0.1) is 11.9 Å². The smallest absolute Gasteiger partial charge is 0.136 e. The van der Waals surface area contributed by atoms with E-state index in [1.165, 1.54) is 0 Å². The molecule has 6 nitrogen and oxygen atoms in total. The summed E-state index contributed by atoms with van der Waals surface area (Å²) in [6.07, 6.45) is 2.79. The lowest BCUT2D eigenvalue weighted by Crippen LogP contribution is -2.19. The van der Waals surface area contributed by atoms with Crippen molar-refractivity contribution < 1.29 is 0 Å². The average molecular weight is 288 g/mol. The fourth-order valence-electron chi connectivity index (χ4n) is 2.02. The van der Waals surface area contributed by atoms with Gasteiger partial charge in [-0.25, -0.2) is 14.6 Å². The van der Waals surface area contributed by atoms with Crippen LogP contribution in [0, 0.1) is 6.92 Å². The lowest BCUT2D eigenvalue weighted by atomic mass is 9.95. The van der Waals surface area contributed by atoms with E-state index in [1.807, 2.05) is 14.0 Å². The third-order valence-corrected chi connectivity index (χ3v) is 3.32. The molecule has 114 valence electrons. The fraction of sp³-hybridized carbons (Fsp3) is 0.600. The highest BCUT2D eigenvalue weighted by Gasteiger charge is 2.22. The summed E-state index contributed by atoms with van der Waals surface area (Å²) in [4.78, 5) is 9.47. The maximum Gasteiger partial charge on any atom is 0.136 e. The van der Waals surface area contributed by atoms with Crippen LogP contribution in [0.4, 0.5) is 5.82 Å².